The van der Waals surface area contributed by atoms with E-state index in [1.54, 1.807) is 0 Å². The van der Waals surface area contributed by atoms with Crippen molar-refractivity contribution in [3.05, 3.63) is 12.7 Å². The Morgan fingerprint density at radius 2 is 2.29 bits per heavy atom. The number of unbranched alkanes of at least 4 members (excludes halogenated alkanes) is 1. The van der Waals surface area contributed by atoms with Crippen LogP contribution in [0.3, 0.4) is 0 Å². The van der Waals surface area contributed by atoms with Gasteiger partial charge in [0, 0.05) is 6.04 Å². The van der Waals surface area contributed by atoms with Crippen molar-refractivity contribution in [3.8, 4) is 0 Å². The van der Waals surface area contributed by atoms with E-state index < -0.39 is 0 Å². The SMILES string of the molecule is C=CCCCN(C)C1CCCNCC1. The lowest BCUT2D eigenvalue weighted by Crippen LogP contribution is -2.33. The van der Waals surface area contributed by atoms with E-state index in [2.05, 4.69) is 23.8 Å². The maximum absolute atomic E-state index is 3.76. The highest BCUT2D eigenvalue weighted by molar-refractivity contribution is 4.75. The van der Waals surface area contributed by atoms with E-state index in [1.807, 2.05) is 6.08 Å². The van der Waals surface area contributed by atoms with Gasteiger partial charge in [0.25, 0.3) is 0 Å². The van der Waals surface area contributed by atoms with E-state index in [4.69, 9.17) is 0 Å². The molecule has 0 aromatic heterocycles. The predicted octanol–water partition coefficient (Wildman–Crippen LogP) is 2.03. The number of hydrogen-bond donors (Lipinski definition) is 1. The Kier molecular flexibility index (Phi) is 5.88. The van der Waals surface area contributed by atoms with Crippen LogP contribution in [0.5, 0.6) is 0 Å². The Balaban J connectivity index is 2.19. The molecule has 82 valence electrons. The third-order valence-corrected chi connectivity index (χ3v) is 3.09. The minimum absolute atomic E-state index is 0.801. The van der Waals surface area contributed by atoms with E-state index in [9.17, 15) is 0 Å². The van der Waals surface area contributed by atoms with Crippen LogP contribution >= 0.6 is 0 Å². The van der Waals surface area contributed by atoms with Crippen molar-refractivity contribution in [1.82, 2.24) is 10.2 Å². The Morgan fingerprint density at radius 3 is 3.07 bits per heavy atom. The highest BCUT2D eigenvalue weighted by Gasteiger charge is 2.15. The predicted molar refractivity (Wildman–Crippen MR) is 62.6 cm³/mol. The molecular formula is C12H24N2. The molecule has 0 spiro atoms. The van der Waals surface area contributed by atoms with Crippen LogP contribution in [0.15, 0.2) is 12.7 Å². The Morgan fingerprint density at radius 1 is 1.43 bits per heavy atom. The fraction of sp³-hybridized carbons (Fsp3) is 0.833. The number of allylic oxidation sites excluding steroid dienone is 1. The molecule has 1 fully saturated rings. The molecule has 14 heavy (non-hydrogen) atoms. The van der Waals surface area contributed by atoms with Crippen LogP contribution in [-0.2, 0) is 0 Å². The molecule has 0 aromatic carbocycles. The lowest BCUT2D eigenvalue weighted by atomic mass is 10.1. The molecule has 0 aromatic rings. The van der Waals surface area contributed by atoms with Crippen molar-refractivity contribution >= 4 is 0 Å². The van der Waals surface area contributed by atoms with Crippen LogP contribution in [0.4, 0.5) is 0 Å². The Bertz CT molecular complexity index is 148. The van der Waals surface area contributed by atoms with Gasteiger partial charge in [0.05, 0.1) is 0 Å². The summed E-state index contributed by atoms with van der Waals surface area (Å²) in [6.07, 6.45) is 8.42. The second kappa shape index (κ2) is 7.02. The van der Waals surface area contributed by atoms with Crippen molar-refractivity contribution < 1.29 is 0 Å². The summed E-state index contributed by atoms with van der Waals surface area (Å²) >= 11 is 0. The zero-order valence-corrected chi connectivity index (χ0v) is 9.47. The summed E-state index contributed by atoms with van der Waals surface area (Å²) in [4.78, 5) is 2.52. The Labute approximate surface area is 88.4 Å². The fourth-order valence-corrected chi connectivity index (χ4v) is 2.11. The second-order valence-electron chi connectivity index (χ2n) is 4.25. The maximum Gasteiger partial charge on any atom is 0.0105 e. The quantitative estimate of drug-likeness (QED) is 0.534. The van der Waals surface area contributed by atoms with E-state index in [0.717, 1.165) is 12.5 Å². The molecule has 1 unspecified atom stereocenters. The minimum Gasteiger partial charge on any atom is -0.317 e. The van der Waals surface area contributed by atoms with Gasteiger partial charge in [-0.3, -0.25) is 0 Å². The van der Waals surface area contributed by atoms with Crippen LogP contribution in [0.2, 0.25) is 0 Å². The van der Waals surface area contributed by atoms with Gasteiger partial charge < -0.3 is 10.2 Å². The lowest BCUT2D eigenvalue weighted by molar-refractivity contribution is 0.223. The molecule has 0 saturated carbocycles. The first kappa shape index (κ1) is 11.7. The highest BCUT2D eigenvalue weighted by atomic mass is 15.1. The van der Waals surface area contributed by atoms with Crippen LogP contribution in [0.1, 0.15) is 32.1 Å². The molecule has 0 radical (unpaired) electrons. The molecule has 1 saturated heterocycles. The largest absolute Gasteiger partial charge is 0.317 e. The molecule has 0 aliphatic carbocycles. The summed E-state index contributed by atoms with van der Waals surface area (Å²) in [7, 11) is 2.26. The van der Waals surface area contributed by atoms with Gasteiger partial charge in [0.1, 0.15) is 0 Å². The van der Waals surface area contributed by atoms with Crippen molar-refractivity contribution in [1.29, 1.82) is 0 Å². The smallest absolute Gasteiger partial charge is 0.0105 e. The van der Waals surface area contributed by atoms with Crippen molar-refractivity contribution in [3.63, 3.8) is 0 Å². The van der Waals surface area contributed by atoms with Crippen LogP contribution in [-0.4, -0.2) is 37.6 Å². The molecular weight excluding hydrogens is 172 g/mol. The molecule has 0 bridgehead atoms. The molecule has 2 heteroatoms. The number of rotatable bonds is 5. The fourth-order valence-electron chi connectivity index (χ4n) is 2.11. The third kappa shape index (κ3) is 4.25. The number of nitrogens with zero attached hydrogens (tertiary/aromatic N) is 1. The van der Waals surface area contributed by atoms with Gasteiger partial charge in [-0.1, -0.05) is 6.08 Å². The van der Waals surface area contributed by atoms with Crippen molar-refractivity contribution in [2.75, 3.05) is 26.7 Å². The van der Waals surface area contributed by atoms with Crippen LogP contribution in [0, 0.1) is 0 Å². The first-order valence-corrected chi connectivity index (χ1v) is 5.86. The average molecular weight is 196 g/mol. The molecule has 1 aliphatic heterocycles. The summed E-state index contributed by atoms with van der Waals surface area (Å²) in [5, 5.41) is 3.46. The number of hydrogen-bond acceptors (Lipinski definition) is 2. The van der Waals surface area contributed by atoms with Gasteiger partial charge in [-0.2, -0.15) is 0 Å². The summed E-state index contributed by atoms with van der Waals surface area (Å²) in [5.41, 5.74) is 0. The maximum atomic E-state index is 3.76. The summed E-state index contributed by atoms with van der Waals surface area (Å²) in [6.45, 7) is 7.37. The van der Waals surface area contributed by atoms with Crippen molar-refractivity contribution in [2.45, 2.75) is 38.1 Å². The molecule has 1 atom stereocenters. The Hall–Kier alpha value is -0.340. The summed E-state index contributed by atoms with van der Waals surface area (Å²) in [5.74, 6) is 0. The van der Waals surface area contributed by atoms with Gasteiger partial charge in [0.15, 0.2) is 0 Å². The first-order valence-electron chi connectivity index (χ1n) is 5.86. The first-order chi connectivity index (χ1) is 6.84. The molecule has 0 amide bonds. The normalized spacial score (nSPS) is 23.4. The van der Waals surface area contributed by atoms with Crippen LogP contribution < -0.4 is 5.32 Å². The van der Waals surface area contributed by atoms with E-state index in [-0.39, 0.29) is 0 Å². The van der Waals surface area contributed by atoms with E-state index in [0.29, 0.717) is 0 Å². The monoisotopic (exact) mass is 196 g/mol. The molecule has 1 N–H and O–H groups in total. The van der Waals surface area contributed by atoms with Crippen LogP contribution in [0.25, 0.3) is 0 Å². The zero-order chi connectivity index (χ0) is 10.2. The topological polar surface area (TPSA) is 15.3 Å². The number of nitrogens with one attached hydrogen (secondary N) is 1. The zero-order valence-electron chi connectivity index (χ0n) is 9.47. The molecule has 1 aliphatic rings. The molecule has 2 nitrogen and oxygen atoms in total. The summed E-state index contributed by atoms with van der Waals surface area (Å²) < 4.78 is 0. The average Bonchev–Trinajstić information content (AvgIpc) is 2.46. The highest BCUT2D eigenvalue weighted by Crippen LogP contribution is 2.12. The van der Waals surface area contributed by atoms with Gasteiger partial charge in [0.2, 0.25) is 0 Å². The van der Waals surface area contributed by atoms with Gasteiger partial charge >= 0.3 is 0 Å². The minimum atomic E-state index is 0.801. The van der Waals surface area contributed by atoms with Crippen molar-refractivity contribution in [2.24, 2.45) is 0 Å². The summed E-state index contributed by atoms with van der Waals surface area (Å²) in [6, 6.07) is 0.801. The van der Waals surface area contributed by atoms with Gasteiger partial charge in [-0.15, -0.1) is 6.58 Å². The van der Waals surface area contributed by atoms with Gasteiger partial charge in [-0.25, -0.2) is 0 Å². The molecule has 1 rings (SSSR count). The van der Waals surface area contributed by atoms with E-state index >= 15 is 0 Å². The van der Waals surface area contributed by atoms with E-state index in [1.165, 1.54) is 45.3 Å². The standard InChI is InChI=1S/C12H24N2/c1-3-4-5-11-14(2)12-7-6-9-13-10-8-12/h3,12-13H,1,4-11H2,2H3. The lowest BCUT2D eigenvalue weighted by Gasteiger charge is -2.26. The van der Waals surface area contributed by atoms with Gasteiger partial charge in [-0.05, 0) is 58.8 Å². The molecule has 1 heterocycles. The third-order valence-electron chi connectivity index (χ3n) is 3.09. The second-order valence-corrected chi connectivity index (χ2v) is 4.25.